The highest BCUT2D eigenvalue weighted by Crippen LogP contribution is 2.11. The number of likely N-dealkylation sites (tertiary alicyclic amines) is 1. The fraction of sp³-hybridized carbons (Fsp3) is 0.385. The number of benzene rings is 1. The average molecular weight is 263 g/mol. The summed E-state index contributed by atoms with van der Waals surface area (Å²) >= 11 is 0. The lowest BCUT2D eigenvalue weighted by molar-refractivity contribution is -0.117. The Labute approximate surface area is 111 Å². The lowest BCUT2D eigenvalue weighted by atomic mass is 10.1. The van der Waals surface area contributed by atoms with Crippen LogP contribution in [0.1, 0.15) is 16.8 Å². The van der Waals surface area contributed by atoms with Gasteiger partial charge in [-0.2, -0.15) is 0 Å². The number of β-amino-alcohol motifs (C(OH)–C–C–N with tert-alkyl or cyclic N) is 1. The fourth-order valence-electron chi connectivity index (χ4n) is 1.93. The van der Waals surface area contributed by atoms with Gasteiger partial charge < -0.3 is 16.2 Å². The second-order valence-corrected chi connectivity index (χ2v) is 4.65. The Kier molecular flexibility index (Phi) is 4.13. The number of amides is 2. The molecule has 0 bridgehead atoms. The van der Waals surface area contributed by atoms with Crippen LogP contribution in [0.3, 0.4) is 0 Å². The predicted octanol–water partition coefficient (Wildman–Crippen LogP) is -0.209. The molecule has 6 heteroatoms. The van der Waals surface area contributed by atoms with Gasteiger partial charge in [0, 0.05) is 37.3 Å². The van der Waals surface area contributed by atoms with Crippen LogP contribution in [0.15, 0.2) is 24.3 Å². The van der Waals surface area contributed by atoms with Gasteiger partial charge in [-0.1, -0.05) is 0 Å². The zero-order valence-corrected chi connectivity index (χ0v) is 10.5. The zero-order valence-electron chi connectivity index (χ0n) is 10.5. The molecule has 0 saturated carbocycles. The number of aliphatic hydroxyl groups is 1. The molecule has 1 fully saturated rings. The van der Waals surface area contributed by atoms with Crippen molar-refractivity contribution in [3.05, 3.63) is 29.8 Å². The topological polar surface area (TPSA) is 95.7 Å². The number of primary amides is 1. The Morgan fingerprint density at radius 2 is 1.95 bits per heavy atom. The molecule has 1 heterocycles. The van der Waals surface area contributed by atoms with Gasteiger partial charge in [-0.15, -0.1) is 0 Å². The van der Waals surface area contributed by atoms with Gasteiger partial charge in [0.05, 0.1) is 6.10 Å². The van der Waals surface area contributed by atoms with E-state index >= 15 is 0 Å². The van der Waals surface area contributed by atoms with E-state index in [0.717, 1.165) is 0 Å². The number of anilines is 1. The molecule has 1 aliphatic rings. The number of hydrogen-bond donors (Lipinski definition) is 3. The van der Waals surface area contributed by atoms with Crippen molar-refractivity contribution in [2.24, 2.45) is 5.73 Å². The smallest absolute Gasteiger partial charge is 0.248 e. The number of carbonyl (C=O) groups excluding carboxylic acids is 2. The van der Waals surface area contributed by atoms with E-state index in [4.69, 9.17) is 10.8 Å². The molecule has 1 aromatic rings. The Morgan fingerprint density at radius 1 is 1.32 bits per heavy atom. The molecule has 0 aromatic heterocycles. The third-order valence-corrected chi connectivity index (χ3v) is 3.05. The first-order chi connectivity index (χ1) is 9.04. The minimum atomic E-state index is -0.491. The Morgan fingerprint density at radius 3 is 2.47 bits per heavy atom. The molecule has 1 aliphatic heterocycles. The number of aliphatic hydroxyl groups excluding tert-OH is 1. The largest absolute Gasteiger partial charge is 0.390 e. The van der Waals surface area contributed by atoms with Crippen molar-refractivity contribution in [3.8, 4) is 0 Å². The SMILES string of the molecule is NC(=O)c1ccc(NC(=O)CCN2CC(O)C2)cc1. The van der Waals surface area contributed by atoms with Gasteiger partial charge >= 0.3 is 0 Å². The lowest BCUT2D eigenvalue weighted by Gasteiger charge is -2.35. The summed E-state index contributed by atoms with van der Waals surface area (Å²) in [7, 11) is 0. The average Bonchev–Trinajstić information content (AvgIpc) is 2.34. The van der Waals surface area contributed by atoms with Gasteiger partial charge in [-0.05, 0) is 24.3 Å². The molecule has 2 amide bonds. The summed E-state index contributed by atoms with van der Waals surface area (Å²) in [5, 5.41) is 11.9. The van der Waals surface area contributed by atoms with E-state index in [2.05, 4.69) is 5.32 Å². The summed E-state index contributed by atoms with van der Waals surface area (Å²) in [5.74, 6) is -0.581. The molecular formula is C13H17N3O3. The van der Waals surface area contributed by atoms with Gasteiger partial charge in [0.15, 0.2) is 0 Å². The number of nitrogens with two attached hydrogens (primary N) is 1. The second kappa shape index (κ2) is 5.81. The lowest BCUT2D eigenvalue weighted by Crippen LogP contribution is -2.51. The van der Waals surface area contributed by atoms with E-state index in [-0.39, 0.29) is 12.0 Å². The normalized spacial score (nSPS) is 15.8. The van der Waals surface area contributed by atoms with Crippen LogP contribution in [0.4, 0.5) is 5.69 Å². The van der Waals surface area contributed by atoms with E-state index in [0.29, 0.717) is 37.3 Å². The van der Waals surface area contributed by atoms with Crippen molar-refractivity contribution in [1.29, 1.82) is 0 Å². The van der Waals surface area contributed by atoms with Crippen molar-refractivity contribution in [2.45, 2.75) is 12.5 Å². The van der Waals surface area contributed by atoms with Crippen LogP contribution in [0.5, 0.6) is 0 Å². The van der Waals surface area contributed by atoms with Crippen molar-refractivity contribution < 1.29 is 14.7 Å². The highest BCUT2D eigenvalue weighted by atomic mass is 16.3. The number of nitrogens with zero attached hydrogens (tertiary/aromatic N) is 1. The Bertz CT molecular complexity index is 467. The van der Waals surface area contributed by atoms with Gasteiger partial charge in [0.25, 0.3) is 0 Å². The molecular weight excluding hydrogens is 246 g/mol. The van der Waals surface area contributed by atoms with Crippen LogP contribution >= 0.6 is 0 Å². The number of carbonyl (C=O) groups is 2. The first-order valence-electron chi connectivity index (χ1n) is 6.15. The summed E-state index contributed by atoms with van der Waals surface area (Å²) in [4.78, 5) is 24.6. The maximum atomic E-state index is 11.7. The van der Waals surface area contributed by atoms with Gasteiger partial charge in [0.1, 0.15) is 0 Å². The first-order valence-corrected chi connectivity index (χ1v) is 6.15. The molecule has 0 unspecified atom stereocenters. The highest BCUT2D eigenvalue weighted by molar-refractivity contribution is 5.94. The number of rotatable bonds is 5. The third-order valence-electron chi connectivity index (χ3n) is 3.05. The molecule has 0 aliphatic carbocycles. The summed E-state index contributed by atoms with van der Waals surface area (Å²) in [6, 6.07) is 6.43. The van der Waals surface area contributed by atoms with Crippen LogP contribution in [0.2, 0.25) is 0 Å². The molecule has 19 heavy (non-hydrogen) atoms. The predicted molar refractivity (Wildman–Crippen MR) is 70.7 cm³/mol. The van der Waals surface area contributed by atoms with E-state index < -0.39 is 5.91 Å². The van der Waals surface area contributed by atoms with Crippen molar-refractivity contribution in [1.82, 2.24) is 4.90 Å². The molecule has 2 rings (SSSR count). The van der Waals surface area contributed by atoms with Crippen LogP contribution in [-0.4, -0.2) is 47.6 Å². The standard InChI is InChI=1S/C13H17N3O3/c14-13(19)9-1-3-10(4-2-9)15-12(18)5-6-16-7-11(17)8-16/h1-4,11,17H,5-8H2,(H2,14,19)(H,15,18). The first kappa shape index (κ1) is 13.5. The van der Waals surface area contributed by atoms with Crippen LogP contribution < -0.4 is 11.1 Å². The quantitative estimate of drug-likeness (QED) is 0.685. The minimum Gasteiger partial charge on any atom is -0.390 e. The summed E-state index contributed by atoms with van der Waals surface area (Å²) in [6.45, 7) is 1.92. The molecule has 102 valence electrons. The number of nitrogens with one attached hydrogen (secondary N) is 1. The fourth-order valence-corrected chi connectivity index (χ4v) is 1.93. The summed E-state index contributed by atoms with van der Waals surface area (Å²) in [6.07, 6.45) is 0.133. The summed E-state index contributed by atoms with van der Waals surface area (Å²) in [5.41, 5.74) is 6.17. The van der Waals surface area contributed by atoms with E-state index in [1.54, 1.807) is 24.3 Å². The number of hydrogen-bond acceptors (Lipinski definition) is 4. The Balaban J connectivity index is 1.76. The monoisotopic (exact) mass is 263 g/mol. The molecule has 0 radical (unpaired) electrons. The molecule has 0 spiro atoms. The van der Waals surface area contributed by atoms with E-state index in [1.807, 2.05) is 4.90 Å². The van der Waals surface area contributed by atoms with Gasteiger partial charge in [0.2, 0.25) is 11.8 Å². The van der Waals surface area contributed by atoms with Crippen molar-refractivity contribution >= 4 is 17.5 Å². The zero-order chi connectivity index (χ0) is 13.8. The van der Waals surface area contributed by atoms with Gasteiger partial charge in [-0.25, -0.2) is 0 Å². The van der Waals surface area contributed by atoms with Crippen molar-refractivity contribution in [3.63, 3.8) is 0 Å². The molecule has 1 aromatic carbocycles. The molecule has 4 N–H and O–H groups in total. The molecule has 1 saturated heterocycles. The van der Waals surface area contributed by atoms with E-state index in [9.17, 15) is 9.59 Å². The van der Waals surface area contributed by atoms with Crippen LogP contribution in [0.25, 0.3) is 0 Å². The molecule has 0 atom stereocenters. The maximum absolute atomic E-state index is 11.7. The van der Waals surface area contributed by atoms with Crippen molar-refractivity contribution in [2.75, 3.05) is 25.0 Å². The second-order valence-electron chi connectivity index (χ2n) is 4.65. The Hall–Kier alpha value is -1.92. The van der Waals surface area contributed by atoms with Crippen LogP contribution in [0, 0.1) is 0 Å². The summed E-state index contributed by atoms with van der Waals surface area (Å²) < 4.78 is 0. The van der Waals surface area contributed by atoms with E-state index in [1.165, 1.54) is 0 Å². The maximum Gasteiger partial charge on any atom is 0.248 e. The van der Waals surface area contributed by atoms with Gasteiger partial charge in [-0.3, -0.25) is 14.5 Å². The minimum absolute atomic E-state index is 0.0896. The molecule has 6 nitrogen and oxygen atoms in total. The highest BCUT2D eigenvalue weighted by Gasteiger charge is 2.24. The third kappa shape index (κ3) is 3.77. The van der Waals surface area contributed by atoms with Crippen LogP contribution in [-0.2, 0) is 4.79 Å².